The molecule has 0 amide bonds. The van der Waals surface area contributed by atoms with Crippen molar-refractivity contribution in [3.63, 3.8) is 0 Å². The zero-order valence-electron chi connectivity index (χ0n) is 16.4. The summed E-state index contributed by atoms with van der Waals surface area (Å²) in [5.74, 6) is -0.586. The molecule has 164 valence electrons. The van der Waals surface area contributed by atoms with Crippen LogP contribution in [0.2, 0.25) is 5.02 Å². The van der Waals surface area contributed by atoms with Gasteiger partial charge in [-0.15, -0.1) is 0 Å². The summed E-state index contributed by atoms with van der Waals surface area (Å²) in [5.41, 5.74) is -1.06. The number of carbonyl (C=O) groups excluding carboxylic acids is 1. The number of rotatable bonds is 8. The Balaban J connectivity index is 1.93. The van der Waals surface area contributed by atoms with Gasteiger partial charge in [0.25, 0.3) is 5.56 Å². The van der Waals surface area contributed by atoms with Gasteiger partial charge in [-0.1, -0.05) is 11.6 Å². The summed E-state index contributed by atoms with van der Waals surface area (Å²) < 4.78 is 38.8. The number of nitrogens with zero attached hydrogens (tertiary/aromatic N) is 3. The summed E-state index contributed by atoms with van der Waals surface area (Å²) in [6.07, 6.45) is -4.73. The number of Topliss-reactive ketones (excluding diaryl/α,β-unsaturated/α-hetero) is 1. The number of ketones is 1. The molecule has 1 N–H and O–H groups in total. The van der Waals surface area contributed by atoms with Crippen LogP contribution in [0.15, 0.2) is 29.1 Å². The molecular formula is C21H19ClF3N3O3. The zero-order chi connectivity index (χ0) is 22.8. The molecule has 1 heterocycles. The van der Waals surface area contributed by atoms with Crippen LogP contribution < -0.4 is 5.56 Å². The quantitative estimate of drug-likeness (QED) is 0.638. The van der Waals surface area contributed by atoms with E-state index in [1.54, 1.807) is 0 Å². The first-order chi connectivity index (χ1) is 14.5. The lowest BCUT2D eigenvalue weighted by molar-refractivity contribution is -0.135. The lowest BCUT2D eigenvalue weighted by atomic mass is 10.0. The predicted molar refractivity (Wildman–Crippen MR) is 107 cm³/mol. The van der Waals surface area contributed by atoms with Crippen molar-refractivity contribution in [3.8, 4) is 23.1 Å². The van der Waals surface area contributed by atoms with E-state index < -0.39 is 23.6 Å². The van der Waals surface area contributed by atoms with Gasteiger partial charge in [0.15, 0.2) is 5.78 Å². The second-order valence-electron chi connectivity index (χ2n) is 7.72. The van der Waals surface area contributed by atoms with Gasteiger partial charge in [-0.25, -0.2) is 4.98 Å². The highest BCUT2D eigenvalue weighted by molar-refractivity contribution is 6.30. The van der Waals surface area contributed by atoms with Crippen LogP contribution in [-0.2, 0) is 17.8 Å². The summed E-state index contributed by atoms with van der Waals surface area (Å²) in [4.78, 5) is 29.4. The third-order valence-corrected chi connectivity index (χ3v) is 5.38. The lowest BCUT2D eigenvalue weighted by Crippen LogP contribution is -2.29. The zero-order valence-corrected chi connectivity index (χ0v) is 17.1. The van der Waals surface area contributed by atoms with Crippen molar-refractivity contribution < 1.29 is 23.1 Å². The number of hydrogen-bond donors (Lipinski definition) is 1. The molecule has 1 aliphatic rings. The van der Waals surface area contributed by atoms with Crippen LogP contribution in [0.25, 0.3) is 11.3 Å². The average Bonchev–Trinajstić information content (AvgIpc) is 3.43. The predicted octanol–water partition coefficient (Wildman–Crippen LogP) is 4.42. The Bertz CT molecular complexity index is 1100. The highest BCUT2D eigenvalue weighted by atomic mass is 35.5. The number of nitriles is 1. The molecule has 0 atom stereocenters. The number of halogens is 4. The number of aromatic hydroxyl groups is 1. The molecule has 1 aromatic carbocycles. The van der Waals surface area contributed by atoms with Gasteiger partial charge in [-0.2, -0.15) is 18.4 Å². The first-order valence-corrected chi connectivity index (χ1v) is 9.99. The highest BCUT2D eigenvalue weighted by Gasteiger charge is 2.44. The minimum absolute atomic E-state index is 0.0104. The number of carbonyl (C=O) groups is 1. The number of aromatic nitrogens is 2. The second kappa shape index (κ2) is 8.71. The molecule has 0 spiro atoms. The minimum atomic E-state index is -4.36. The van der Waals surface area contributed by atoms with E-state index in [0.717, 1.165) is 10.6 Å². The van der Waals surface area contributed by atoms with Gasteiger partial charge in [0.1, 0.15) is 11.6 Å². The maximum atomic E-state index is 12.7. The third kappa shape index (κ3) is 5.85. The van der Waals surface area contributed by atoms with Crippen molar-refractivity contribution in [3.05, 3.63) is 45.5 Å². The van der Waals surface area contributed by atoms with Crippen molar-refractivity contribution in [2.75, 3.05) is 0 Å². The maximum absolute atomic E-state index is 12.7. The fourth-order valence-corrected chi connectivity index (χ4v) is 3.48. The Labute approximate surface area is 180 Å². The van der Waals surface area contributed by atoms with E-state index in [1.165, 1.54) is 18.2 Å². The minimum Gasteiger partial charge on any atom is -0.507 e. The SMILES string of the molecule is N#CC1(CC(=O)Cn2c(CCCC(F)(F)F)nc(-c3ccc(Cl)cc3O)cc2=O)CC1. The molecule has 0 unspecified atom stereocenters. The summed E-state index contributed by atoms with van der Waals surface area (Å²) in [5, 5.41) is 19.5. The maximum Gasteiger partial charge on any atom is 0.389 e. The van der Waals surface area contributed by atoms with E-state index >= 15 is 0 Å². The van der Waals surface area contributed by atoms with Gasteiger partial charge in [0.2, 0.25) is 0 Å². The van der Waals surface area contributed by atoms with Gasteiger partial charge >= 0.3 is 6.18 Å². The summed E-state index contributed by atoms with van der Waals surface area (Å²) >= 11 is 5.82. The van der Waals surface area contributed by atoms with Crippen LogP contribution in [0.1, 0.15) is 37.9 Å². The number of aryl methyl sites for hydroxylation is 1. The molecule has 6 nitrogen and oxygen atoms in total. The van der Waals surface area contributed by atoms with Crippen LogP contribution in [0.5, 0.6) is 5.75 Å². The Morgan fingerprint density at radius 1 is 1.32 bits per heavy atom. The molecule has 31 heavy (non-hydrogen) atoms. The highest BCUT2D eigenvalue weighted by Crippen LogP contribution is 2.48. The van der Waals surface area contributed by atoms with E-state index in [0.29, 0.717) is 12.8 Å². The molecule has 1 fully saturated rings. The number of benzene rings is 1. The molecule has 1 aliphatic carbocycles. The van der Waals surface area contributed by atoms with Gasteiger partial charge in [0, 0.05) is 35.9 Å². The first kappa shape index (κ1) is 22.8. The monoisotopic (exact) mass is 453 g/mol. The van der Waals surface area contributed by atoms with Crippen LogP contribution in [0, 0.1) is 16.7 Å². The third-order valence-electron chi connectivity index (χ3n) is 5.14. The largest absolute Gasteiger partial charge is 0.507 e. The molecular weight excluding hydrogens is 435 g/mol. The van der Waals surface area contributed by atoms with E-state index in [2.05, 4.69) is 11.1 Å². The number of hydrogen-bond acceptors (Lipinski definition) is 5. The standard InChI is InChI=1S/C21H19ClF3N3O3/c22-13-3-4-15(17(30)8-13)16-9-19(31)28(11-14(29)10-20(12-26)6-7-20)18(27-16)2-1-5-21(23,24)25/h3-4,8-9,30H,1-2,5-7,10-11H2. The number of phenols is 1. The van der Waals surface area contributed by atoms with Crippen LogP contribution in [0.3, 0.4) is 0 Å². The van der Waals surface area contributed by atoms with Crippen LogP contribution in [-0.4, -0.2) is 26.6 Å². The summed E-state index contributed by atoms with van der Waals surface area (Å²) in [6, 6.07) is 7.40. The van der Waals surface area contributed by atoms with E-state index in [9.17, 15) is 27.9 Å². The van der Waals surface area contributed by atoms with Crippen molar-refractivity contribution >= 4 is 17.4 Å². The lowest BCUT2D eigenvalue weighted by Gasteiger charge is -2.15. The van der Waals surface area contributed by atoms with Gasteiger partial charge < -0.3 is 5.11 Å². The topological polar surface area (TPSA) is 96.0 Å². The fourth-order valence-electron chi connectivity index (χ4n) is 3.31. The summed E-state index contributed by atoms with van der Waals surface area (Å²) in [6.45, 7) is -0.372. The summed E-state index contributed by atoms with van der Waals surface area (Å²) in [7, 11) is 0. The van der Waals surface area contributed by atoms with E-state index in [1.807, 2.05) is 0 Å². The Kier molecular flexibility index (Phi) is 6.41. The Morgan fingerprint density at radius 3 is 2.61 bits per heavy atom. The molecule has 1 aromatic heterocycles. The molecule has 0 saturated heterocycles. The molecule has 3 rings (SSSR count). The van der Waals surface area contributed by atoms with E-state index in [-0.39, 0.29) is 59.4 Å². The number of alkyl halides is 3. The van der Waals surface area contributed by atoms with Crippen molar-refractivity contribution in [2.45, 2.75) is 51.2 Å². The second-order valence-corrected chi connectivity index (χ2v) is 8.16. The van der Waals surface area contributed by atoms with Crippen molar-refractivity contribution in [2.24, 2.45) is 5.41 Å². The molecule has 1 saturated carbocycles. The Hall–Kier alpha value is -2.86. The average molecular weight is 454 g/mol. The van der Waals surface area contributed by atoms with E-state index in [4.69, 9.17) is 16.9 Å². The first-order valence-electron chi connectivity index (χ1n) is 9.61. The van der Waals surface area contributed by atoms with Crippen molar-refractivity contribution in [1.82, 2.24) is 9.55 Å². The van der Waals surface area contributed by atoms with Gasteiger partial charge in [-0.05, 0) is 37.5 Å². The Morgan fingerprint density at radius 2 is 2.03 bits per heavy atom. The molecule has 10 heteroatoms. The normalized spacial score (nSPS) is 14.8. The van der Waals surface area contributed by atoms with Gasteiger partial charge in [-0.3, -0.25) is 14.2 Å². The smallest absolute Gasteiger partial charge is 0.389 e. The number of phenolic OH excluding ortho intramolecular Hbond substituents is 1. The molecule has 2 aromatic rings. The van der Waals surface area contributed by atoms with Crippen LogP contribution in [0.4, 0.5) is 13.2 Å². The fraction of sp³-hybridized carbons (Fsp3) is 0.429. The van der Waals surface area contributed by atoms with Crippen LogP contribution >= 0.6 is 11.6 Å². The molecule has 0 aliphatic heterocycles. The molecule has 0 radical (unpaired) electrons. The van der Waals surface area contributed by atoms with Crippen molar-refractivity contribution in [1.29, 1.82) is 5.26 Å². The van der Waals surface area contributed by atoms with Gasteiger partial charge in [0.05, 0.1) is 23.7 Å². The molecule has 0 bridgehead atoms.